The molecule has 0 bridgehead atoms. The summed E-state index contributed by atoms with van der Waals surface area (Å²) in [5.74, 6) is -0.370. The lowest BCUT2D eigenvalue weighted by Gasteiger charge is -2.28. The fourth-order valence-corrected chi connectivity index (χ4v) is 4.44. The summed E-state index contributed by atoms with van der Waals surface area (Å²) in [5.41, 5.74) is 1.60. The first-order chi connectivity index (χ1) is 17.4. The third-order valence-electron chi connectivity index (χ3n) is 6.37. The lowest BCUT2D eigenvalue weighted by atomic mass is 9.95. The van der Waals surface area contributed by atoms with Crippen molar-refractivity contribution in [1.82, 2.24) is 9.80 Å². The number of hydrogen-bond donors (Lipinski definition) is 1. The van der Waals surface area contributed by atoms with Gasteiger partial charge in [0.25, 0.3) is 5.91 Å². The van der Waals surface area contributed by atoms with Gasteiger partial charge in [0.15, 0.2) is 23.0 Å². The molecule has 2 aromatic carbocycles. The number of aliphatic hydroxyl groups is 1. The van der Waals surface area contributed by atoms with Crippen LogP contribution in [0.15, 0.2) is 65.9 Å². The smallest absolute Gasteiger partial charge is 0.290 e. The molecule has 1 atom stereocenters. The molecule has 7 heteroatoms. The summed E-state index contributed by atoms with van der Waals surface area (Å²) < 4.78 is 11.2. The van der Waals surface area contributed by atoms with E-state index >= 15 is 0 Å². The summed E-state index contributed by atoms with van der Waals surface area (Å²) in [6, 6.07) is 14.1. The molecule has 1 aliphatic rings. The van der Waals surface area contributed by atoms with Gasteiger partial charge >= 0.3 is 0 Å². The van der Waals surface area contributed by atoms with Crippen LogP contribution >= 0.6 is 0 Å². The van der Waals surface area contributed by atoms with Crippen molar-refractivity contribution in [2.45, 2.75) is 33.2 Å². The Morgan fingerprint density at radius 2 is 1.81 bits per heavy atom. The average molecular weight is 493 g/mol. The van der Waals surface area contributed by atoms with Crippen LogP contribution in [0.25, 0.3) is 6.08 Å². The van der Waals surface area contributed by atoms with E-state index in [0.717, 1.165) is 25.2 Å². The molecule has 0 aliphatic carbocycles. The van der Waals surface area contributed by atoms with Crippen LogP contribution in [-0.2, 0) is 9.59 Å². The van der Waals surface area contributed by atoms with Crippen molar-refractivity contribution in [3.8, 4) is 11.5 Å². The van der Waals surface area contributed by atoms with Gasteiger partial charge in [-0.2, -0.15) is 0 Å². The summed E-state index contributed by atoms with van der Waals surface area (Å²) in [6.45, 7) is 9.61. The Morgan fingerprint density at radius 1 is 1.08 bits per heavy atom. The molecule has 0 fully saturated rings. The minimum atomic E-state index is -0.730. The molecule has 0 aromatic heterocycles. The van der Waals surface area contributed by atoms with E-state index in [1.165, 1.54) is 6.08 Å². The van der Waals surface area contributed by atoms with Crippen molar-refractivity contribution in [3.63, 3.8) is 0 Å². The molecular weight excluding hydrogens is 456 g/mol. The molecule has 0 radical (unpaired) electrons. The summed E-state index contributed by atoms with van der Waals surface area (Å²) in [4.78, 5) is 30.4. The van der Waals surface area contributed by atoms with Gasteiger partial charge in [-0.25, -0.2) is 0 Å². The molecule has 1 aliphatic heterocycles. The molecule has 3 rings (SSSR count). The number of benzene rings is 2. The number of ether oxygens (including phenoxy) is 2. The average Bonchev–Trinajstić information content (AvgIpc) is 3.16. The second kappa shape index (κ2) is 12.9. The highest BCUT2D eigenvalue weighted by molar-refractivity contribution is 6.14. The van der Waals surface area contributed by atoms with E-state index in [9.17, 15) is 14.7 Å². The molecule has 1 heterocycles. The zero-order valence-electron chi connectivity index (χ0n) is 21.6. The molecule has 0 saturated heterocycles. The van der Waals surface area contributed by atoms with E-state index < -0.39 is 23.5 Å². The predicted molar refractivity (Wildman–Crippen MR) is 141 cm³/mol. The van der Waals surface area contributed by atoms with Gasteiger partial charge in [-0.15, -0.1) is 0 Å². The monoisotopic (exact) mass is 492 g/mol. The Balaban J connectivity index is 1.97. The molecule has 1 unspecified atom stereocenters. The molecule has 0 saturated carbocycles. The van der Waals surface area contributed by atoms with Crippen LogP contribution in [0, 0.1) is 0 Å². The van der Waals surface area contributed by atoms with Gasteiger partial charge in [-0.05, 0) is 62.3 Å². The Kier molecular flexibility index (Phi) is 9.70. The molecule has 0 spiro atoms. The van der Waals surface area contributed by atoms with Crippen LogP contribution in [0.3, 0.4) is 0 Å². The first kappa shape index (κ1) is 27.0. The third kappa shape index (κ3) is 6.15. The fourth-order valence-electron chi connectivity index (χ4n) is 4.44. The van der Waals surface area contributed by atoms with Crippen LogP contribution in [0.5, 0.6) is 11.5 Å². The SMILES string of the molecule is CCOc1ccc(C2C(C(=O)/C=C/c3ccccc3)=C(O)C(=O)N2CCCN(CC)CC)cc1OC. The van der Waals surface area contributed by atoms with Crippen LogP contribution in [-0.4, -0.2) is 66.5 Å². The van der Waals surface area contributed by atoms with E-state index in [2.05, 4.69) is 18.7 Å². The number of carbonyl (C=O) groups is 2. The molecule has 7 nitrogen and oxygen atoms in total. The number of ketones is 1. The van der Waals surface area contributed by atoms with E-state index in [1.54, 1.807) is 30.2 Å². The van der Waals surface area contributed by atoms with Gasteiger partial charge in [0.1, 0.15) is 0 Å². The first-order valence-electron chi connectivity index (χ1n) is 12.5. The number of hydrogen-bond acceptors (Lipinski definition) is 6. The van der Waals surface area contributed by atoms with Gasteiger partial charge in [-0.1, -0.05) is 56.3 Å². The summed E-state index contributed by atoms with van der Waals surface area (Å²) in [6.07, 6.45) is 3.81. The second-order valence-electron chi connectivity index (χ2n) is 8.50. The minimum absolute atomic E-state index is 0.0706. The number of amides is 1. The molecular formula is C29H36N2O5. The molecule has 1 amide bonds. The van der Waals surface area contributed by atoms with Crippen LogP contribution in [0.4, 0.5) is 0 Å². The van der Waals surface area contributed by atoms with E-state index in [1.807, 2.05) is 43.3 Å². The van der Waals surface area contributed by atoms with Crippen LogP contribution < -0.4 is 9.47 Å². The first-order valence-corrected chi connectivity index (χ1v) is 12.5. The van der Waals surface area contributed by atoms with E-state index in [-0.39, 0.29) is 5.57 Å². The van der Waals surface area contributed by atoms with Crippen molar-refractivity contribution in [1.29, 1.82) is 0 Å². The zero-order chi connectivity index (χ0) is 26.1. The molecule has 2 aromatic rings. The van der Waals surface area contributed by atoms with E-state index in [0.29, 0.717) is 36.6 Å². The minimum Gasteiger partial charge on any atom is -0.503 e. The topological polar surface area (TPSA) is 79.3 Å². The van der Waals surface area contributed by atoms with Crippen LogP contribution in [0.1, 0.15) is 44.4 Å². The number of carbonyl (C=O) groups excluding carboxylic acids is 2. The molecule has 192 valence electrons. The Hall–Kier alpha value is -3.58. The second-order valence-corrected chi connectivity index (χ2v) is 8.50. The standard InChI is InChI=1S/C29H36N2O5/c1-5-30(6-2)18-11-19-31-27(22-15-17-24(36-7-3)25(20-22)35-4)26(28(33)29(31)34)23(32)16-14-21-12-9-8-10-13-21/h8-10,12-17,20,27,33H,5-7,11,18-19H2,1-4H3/b16-14+. The zero-order valence-corrected chi connectivity index (χ0v) is 21.6. The summed E-state index contributed by atoms with van der Waals surface area (Å²) in [5, 5.41) is 10.9. The highest BCUT2D eigenvalue weighted by atomic mass is 16.5. The maximum atomic E-state index is 13.4. The third-order valence-corrected chi connectivity index (χ3v) is 6.37. The number of aliphatic hydroxyl groups excluding tert-OH is 1. The van der Waals surface area contributed by atoms with Gasteiger partial charge in [0.05, 0.1) is 25.3 Å². The van der Waals surface area contributed by atoms with Gasteiger partial charge in [0, 0.05) is 6.54 Å². The quantitative estimate of drug-likeness (QED) is 0.405. The molecule has 36 heavy (non-hydrogen) atoms. The lowest BCUT2D eigenvalue weighted by Crippen LogP contribution is -2.34. The van der Waals surface area contributed by atoms with Crippen molar-refractivity contribution < 1.29 is 24.2 Å². The number of methoxy groups -OCH3 is 1. The number of nitrogens with zero attached hydrogens (tertiary/aromatic N) is 2. The van der Waals surface area contributed by atoms with Crippen molar-refractivity contribution in [2.75, 3.05) is 39.9 Å². The van der Waals surface area contributed by atoms with E-state index in [4.69, 9.17) is 9.47 Å². The highest BCUT2D eigenvalue weighted by Gasteiger charge is 2.42. The van der Waals surface area contributed by atoms with Crippen LogP contribution in [0.2, 0.25) is 0 Å². The van der Waals surface area contributed by atoms with Gasteiger partial charge in [0.2, 0.25) is 0 Å². The summed E-state index contributed by atoms with van der Waals surface area (Å²) in [7, 11) is 1.55. The normalized spacial score (nSPS) is 15.9. The van der Waals surface area contributed by atoms with Gasteiger partial charge < -0.3 is 24.4 Å². The van der Waals surface area contributed by atoms with Crippen molar-refractivity contribution in [3.05, 3.63) is 77.1 Å². The largest absolute Gasteiger partial charge is 0.503 e. The maximum Gasteiger partial charge on any atom is 0.290 e. The predicted octanol–water partition coefficient (Wildman–Crippen LogP) is 4.80. The molecule has 1 N–H and O–H groups in total. The number of allylic oxidation sites excluding steroid dienone is 1. The highest BCUT2D eigenvalue weighted by Crippen LogP contribution is 2.41. The Morgan fingerprint density at radius 3 is 2.44 bits per heavy atom. The van der Waals surface area contributed by atoms with Crippen molar-refractivity contribution in [2.24, 2.45) is 0 Å². The maximum absolute atomic E-state index is 13.4. The Bertz CT molecular complexity index is 1110. The Labute approximate surface area is 213 Å². The summed E-state index contributed by atoms with van der Waals surface area (Å²) >= 11 is 0. The number of rotatable bonds is 13. The lowest BCUT2D eigenvalue weighted by molar-refractivity contribution is -0.129. The van der Waals surface area contributed by atoms with Gasteiger partial charge in [-0.3, -0.25) is 9.59 Å². The fraction of sp³-hybridized carbons (Fsp3) is 0.379. The van der Waals surface area contributed by atoms with Crippen molar-refractivity contribution >= 4 is 17.8 Å².